The van der Waals surface area contributed by atoms with Crippen LogP contribution in [0.3, 0.4) is 0 Å². The zero-order valence-corrected chi connectivity index (χ0v) is 11.6. The molecule has 2 aromatic rings. The van der Waals surface area contributed by atoms with Gasteiger partial charge in [0.05, 0.1) is 6.20 Å². The van der Waals surface area contributed by atoms with Crippen LogP contribution >= 0.6 is 0 Å². The van der Waals surface area contributed by atoms with E-state index in [1.165, 1.54) is 24.8 Å². The van der Waals surface area contributed by atoms with Gasteiger partial charge < -0.3 is 10.2 Å². The van der Waals surface area contributed by atoms with E-state index >= 15 is 0 Å². The molecule has 102 valence electrons. The number of hydrogen-bond donors (Lipinski definition) is 1. The summed E-state index contributed by atoms with van der Waals surface area (Å²) in [7, 11) is 4.28. The quantitative estimate of drug-likeness (QED) is 0.879. The SMILES string of the molecule is CN(C)CC1(NCc2cnc3ccnn3c2)CCC1. The van der Waals surface area contributed by atoms with Crippen LogP contribution in [0.5, 0.6) is 0 Å². The van der Waals surface area contributed by atoms with Crippen LogP contribution in [0, 0.1) is 0 Å². The molecule has 3 rings (SSSR count). The van der Waals surface area contributed by atoms with Crippen molar-refractivity contribution in [3.8, 4) is 0 Å². The summed E-state index contributed by atoms with van der Waals surface area (Å²) in [5, 5.41) is 7.94. The van der Waals surface area contributed by atoms with Gasteiger partial charge >= 0.3 is 0 Å². The molecule has 1 saturated carbocycles. The molecule has 1 aliphatic carbocycles. The lowest BCUT2D eigenvalue weighted by atomic mass is 9.76. The highest BCUT2D eigenvalue weighted by molar-refractivity contribution is 5.35. The van der Waals surface area contributed by atoms with Gasteiger partial charge in [-0.05, 0) is 33.4 Å². The maximum atomic E-state index is 4.40. The predicted octanol–water partition coefficient (Wildman–Crippen LogP) is 1.30. The molecule has 5 nitrogen and oxygen atoms in total. The van der Waals surface area contributed by atoms with Crippen LogP contribution in [0.2, 0.25) is 0 Å². The van der Waals surface area contributed by atoms with E-state index in [1.807, 2.05) is 16.8 Å². The van der Waals surface area contributed by atoms with Crippen LogP contribution < -0.4 is 5.32 Å². The molecule has 0 bridgehead atoms. The standard InChI is InChI=1S/C14H21N5/c1-18(2)11-14(5-3-6-14)16-9-12-8-15-13-4-7-17-19(13)10-12/h4,7-8,10,16H,3,5-6,9,11H2,1-2H3. The third-order valence-electron chi connectivity index (χ3n) is 3.90. The Morgan fingerprint density at radius 3 is 2.95 bits per heavy atom. The molecule has 1 aliphatic rings. The first-order valence-electron chi connectivity index (χ1n) is 6.85. The third kappa shape index (κ3) is 2.62. The maximum Gasteiger partial charge on any atom is 0.154 e. The number of nitrogens with one attached hydrogen (secondary N) is 1. The lowest BCUT2D eigenvalue weighted by Gasteiger charge is -2.44. The Kier molecular flexibility index (Phi) is 3.24. The molecule has 19 heavy (non-hydrogen) atoms. The minimum atomic E-state index is 0.294. The molecule has 1 N–H and O–H groups in total. The molecule has 0 spiro atoms. The summed E-state index contributed by atoms with van der Waals surface area (Å²) >= 11 is 0. The van der Waals surface area contributed by atoms with Crippen molar-refractivity contribution in [3.63, 3.8) is 0 Å². The fourth-order valence-corrected chi connectivity index (χ4v) is 2.83. The normalized spacial score (nSPS) is 17.8. The molecule has 1 fully saturated rings. The van der Waals surface area contributed by atoms with E-state index in [2.05, 4.69) is 40.6 Å². The second-order valence-corrected chi connectivity index (χ2v) is 5.82. The van der Waals surface area contributed by atoms with Crippen molar-refractivity contribution in [3.05, 3.63) is 30.2 Å². The molecular formula is C14H21N5. The van der Waals surface area contributed by atoms with Crippen molar-refractivity contribution < 1.29 is 0 Å². The van der Waals surface area contributed by atoms with Crippen molar-refractivity contribution in [1.82, 2.24) is 24.8 Å². The highest BCUT2D eigenvalue weighted by Gasteiger charge is 2.36. The van der Waals surface area contributed by atoms with Crippen LogP contribution in [0.4, 0.5) is 0 Å². The van der Waals surface area contributed by atoms with Gasteiger partial charge in [0.2, 0.25) is 0 Å². The molecule has 2 heterocycles. The first-order chi connectivity index (χ1) is 9.17. The second kappa shape index (κ2) is 4.90. The van der Waals surface area contributed by atoms with Crippen LogP contribution in [0.1, 0.15) is 24.8 Å². The Morgan fingerprint density at radius 2 is 2.26 bits per heavy atom. The van der Waals surface area contributed by atoms with E-state index in [-0.39, 0.29) is 0 Å². The third-order valence-corrected chi connectivity index (χ3v) is 3.90. The smallest absolute Gasteiger partial charge is 0.154 e. The molecule has 0 aromatic carbocycles. The van der Waals surface area contributed by atoms with Crippen molar-refractivity contribution in [2.45, 2.75) is 31.3 Å². The van der Waals surface area contributed by atoms with E-state index in [1.54, 1.807) is 6.20 Å². The number of fused-ring (bicyclic) bond motifs is 1. The molecule has 0 unspecified atom stereocenters. The van der Waals surface area contributed by atoms with Gasteiger partial charge in [-0.1, -0.05) is 0 Å². The molecule has 0 amide bonds. The Morgan fingerprint density at radius 1 is 1.42 bits per heavy atom. The minimum Gasteiger partial charge on any atom is -0.308 e. The number of rotatable bonds is 5. The van der Waals surface area contributed by atoms with Gasteiger partial charge in [0, 0.05) is 42.7 Å². The largest absolute Gasteiger partial charge is 0.308 e. The van der Waals surface area contributed by atoms with Gasteiger partial charge in [0.1, 0.15) is 0 Å². The van der Waals surface area contributed by atoms with Gasteiger partial charge in [0.25, 0.3) is 0 Å². The first kappa shape index (κ1) is 12.6. The van der Waals surface area contributed by atoms with Crippen LogP contribution in [0.15, 0.2) is 24.7 Å². The summed E-state index contributed by atoms with van der Waals surface area (Å²) in [6, 6.07) is 1.91. The number of nitrogens with zero attached hydrogens (tertiary/aromatic N) is 4. The van der Waals surface area contributed by atoms with E-state index in [0.29, 0.717) is 5.54 Å². The fraction of sp³-hybridized carbons (Fsp3) is 0.571. The Balaban J connectivity index is 1.67. The van der Waals surface area contributed by atoms with E-state index in [0.717, 1.165) is 18.7 Å². The Labute approximate surface area is 113 Å². The summed E-state index contributed by atoms with van der Waals surface area (Å²) in [5.74, 6) is 0. The topological polar surface area (TPSA) is 45.5 Å². The minimum absolute atomic E-state index is 0.294. The van der Waals surface area contributed by atoms with Crippen LogP contribution in [-0.4, -0.2) is 45.7 Å². The van der Waals surface area contributed by atoms with E-state index in [9.17, 15) is 0 Å². The fourth-order valence-electron chi connectivity index (χ4n) is 2.83. The lowest BCUT2D eigenvalue weighted by molar-refractivity contribution is 0.134. The zero-order valence-electron chi connectivity index (χ0n) is 11.6. The van der Waals surface area contributed by atoms with Gasteiger partial charge in [-0.3, -0.25) is 0 Å². The van der Waals surface area contributed by atoms with Gasteiger partial charge in [-0.15, -0.1) is 0 Å². The monoisotopic (exact) mass is 259 g/mol. The molecule has 0 saturated heterocycles. The average molecular weight is 259 g/mol. The van der Waals surface area contributed by atoms with Gasteiger partial charge in [-0.2, -0.15) is 5.10 Å². The maximum absolute atomic E-state index is 4.40. The first-order valence-corrected chi connectivity index (χ1v) is 6.85. The summed E-state index contributed by atoms with van der Waals surface area (Å²) in [6.45, 7) is 1.96. The molecular weight excluding hydrogens is 238 g/mol. The summed E-state index contributed by atoms with van der Waals surface area (Å²) in [5.41, 5.74) is 2.37. The Hall–Kier alpha value is -1.46. The Bertz CT molecular complexity index is 556. The van der Waals surface area contributed by atoms with Crippen molar-refractivity contribution in [1.29, 1.82) is 0 Å². The van der Waals surface area contributed by atoms with Gasteiger partial charge in [-0.25, -0.2) is 9.50 Å². The average Bonchev–Trinajstić information content (AvgIpc) is 2.79. The summed E-state index contributed by atoms with van der Waals surface area (Å²) in [4.78, 5) is 6.66. The van der Waals surface area contributed by atoms with Crippen molar-refractivity contribution in [2.24, 2.45) is 0 Å². The molecule has 0 atom stereocenters. The molecule has 2 aromatic heterocycles. The van der Waals surface area contributed by atoms with Crippen LogP contribution in [0.25, 0.3) is 5.65 Å². The van der Waals surface area contributed by atoms with Gasteiger partial charge in [0.15, 0.2) is 5.65 Å². The van der Waals surface area contributed by atoms with E-state index < -0.39 is 0 Å². The summed E-state index contributed by atoms with van der Waals surface area (Å²) in [6.07, 6.45) is 9.63. The number of likely N-dealkylation sites (N-methyl/N-ethyl adjacent to an activating group) is 1. The highest BCUT2D eigenvalue weighted by Crippen LogP contribution is 2.32. The predicted molar refractivity (Wildman–Crippen MR) is 75.0 cm³/mol. The van der Waals surface area contributed by atoms with Crippen molar-refractivity contribution >= 4 is 5.65 Å². The number of hydrogen-bond acceptors (Lipinski definition) is 4. The molecule has 0 radical (unpaired) electrons. The lowest BCUT2D eigenvalue weighted by Crippen LogP contribution is -2.56. The van der Waals surface area contributed by atoms with E-state index in [4.69, 9.17) is 0 Å². The summed E-state index contributed by atoms with van der Waals surface area (Å²) < 4.78 is 1.83. The zero-order chi connectivity index (χ0) is 13.3. The second-order valence-electron chi connectivity index (χ2n) is 5.82. The van der Waals surface area contributed by atoms with Crippen LogP contribution in [-0.2, 0) is 6.54 Å². The number of aromatic nitrogens is 3. The molecule has 5 heteroatoms. The van der Waals surface area contributed by atoms with Crippen molar-refractivity contribution in [2.75, 3.05) is 20.6 Å². The molecule has 0 aliphatic heterocycles. The highest BCUT2D eigenvalue weighted by atomic mass is 15.2.